The molecule has 2 N–H and O–H groups in total. The number of thiocarbonyl (C=S) groups is 1. The van der Waals surface area contributed by atoms with E-state index in [2.05, 4.69) is 41.8 Å². The summed E-state index contributed by atoms with van der Waals surface area (Å²) >= 11 is 11.6. The van der Waals surface area contributed by atoms with Crippen molar-refractivity contribution >= 4 is 34.6 Å². The van der Waals surface area contributed by atoms with Gasteiger partial charge in [-0.15, -0.1) is 0 Å². The van der Waals surface area contributed by atoms with Gasteiger partial charge in [0.15, 0.2) is 5.11 Å². The lowest BCUT2D eigenvalue weighted by atomic mass is 9.95. The first-order valence-corrected chi connectivity index (χ1v) is 8.85. The Labute approximate surface area is 158 Å². The van der Waals surface area contributed by atoms with Crippen LogP contribution in [0.4, 0.5) is 5.69 Å². The fraction of sp³-hybridized carbons (Fsp3) is 0.0952. The van der Waals surface area contributed by atoms with Gasteiger partial charge in [-0.05, 0) is 54.0 Å². The normalized spacial score (nSPS) is 11.6. The van der Waals surface area contributed by atoms with E-state index in [-0.39, 0.29) is 6.04 Å². The van der Waals surface area contributed by atoms with E-state index in [1.807, 2.05) is 54.6 Å². The first-order chi connectivity index (χ1) is 12.1. The van der Waals surface area contributed by atoms with Crippen LogP contribution in [0.15, 0.2) is 78.9 Å². The van der Waals surface area contributed by atoms with E-state index in [1.165, 1.54) is 11.1 Å². The lowest BCUT2D eigenvalue weighted by molar-refractivity contribution is 0.762. The fourth-order valence-corrected chi connectivity index (χ4v) is 3.19. The third-order valence-electron chi connectivity index (χ3n) is 3.99. The maximum Gasteiger partial charge on any atom is 0.171 e. The van der Waals surface area contributed by atoms with Crippen LogP contribution in [0, 0.1) is 6.92 Å². The smallest absolute Gasteiger partial charge is 0.171 e. The molecule has 0 aliphatic rings. The van der Waals surface area contributed by atoms with Crippen molar-refractivity contribution in [3.63, 3.8) is 0 Å². The van der Waals surface area contributed by atoms with Gasteiger partial charge >= 0.3 is 0 Å². The zero-order valence-electron chi connectivity index (χ0n) is 13.9. The highest BCUT2D eigenvalue weighted by Gasteiger charge is 2.16. The van der Waals surface area contributed by atoms with Crippen LogP contribution in [0.1, 0.15) is 22.7 Å². The molecule has 126 valence electrons. The highest BCUT2D eigenvalue weighted by molar-refractivity contribution is 7.80. The SMILES string of the molecule is Cc1ccccc1[C@@H](NC(=S)Nc1cccc(Cl)c1)c1ccccc1. The van der Waals surface area contributed by atoms with Crippen molar-refractivity contribution in [3.8, 4) is 0 Å². The molecular formula is C21H19ClN2S. The lowest BCUT2D eigenvalue weighted by Gasteiger charge is -2.23. The molecule has 0 heterocycles. The first kappa shape index (κ1) is 17.5. The summed E-state index contributed by atoms with van der Waals surface area (Å²) < 4.78 is 0. The zero-order valence-corrected chi connectivity index (χ0v) is 15.4. The highest BCUT2D eigenvalue weighted by Crippen LogP contribution is 2.25. The monoisotopic (exact) mass is 366 g/mol. The quantitative estimate of drug-likeness (QED) is 0.577. The van der Waals surface area contributed by atoms with Crippen LogP contribution in [0.25, 0.3) is 0 Å². The fourth-order valence-electron chi connectivity index (χ4n) is 2.76. The lowest BCUT2D eigenvalue weighted by Crippen LogP contribution is -2.33. The van der Waals surface area contributed by atoms with E-state index in [4.69, 9.17) is 23.8 Å². The molecule has 0 aromatic heterocycles. The molecule has 1 atom stereocenters. The van der Waals surface area contributed by atoms with E-state index in [0.717, 1.165) is 11.3 Å². The van der Waals surface area contributed by atoms with Gasteiger partial charge in [0, 0.05) is 10.7 Å². The molecule has 3 rings (SSSR count). The van der Waals surface area contributed by atoms with E-state index < -0.39 is 0 Å². The van der Waals surface area contributed by atoms with Gasteiger partial charge in [-0.25, -0.2) is 0 Å². The summed E-state index contributed by atoms with van der Waals surface area (Å²) in [7, 11) is 0. The molecule has 0 spiro atoms. The largest absolute Gasteiger partial charge is 0.352 e. The molecule has 0 saturated carbocycles. The number of hydrogen-bond acceptors (Lipinski definition) is 1. The summed E-state index contributed by atoms with van der Waals surface area (Å²) in [5.74, 6) is 0. The second-order valence-corrected chi connectivity index (χ2v) is 6.65. The molecule has 3 aromatic rings. The number of hydrogen-bond donors (Lipinski definition) is 2. The van der Waals surface area contributed by atoms with Crippen molar-refractivity contribution < 1.29 is 0 Å². The molecule has 0 bridgehead atoms. The van der Waals surface area contributed by atoms with Crippen molar-refractivity contribution in [2.75, 3.05) is 5.32 Å². The molecule has 2 nitrogen and oxygen atoms in total. The minimum absolute atomic E-state index is 0.0263. The molecule has 0 aliphatic heterocycles. The van der Waals surface area contributed by atoms with Crippen LogP contribution in [0.2, 0.25) is 5.02 Å². The van der Waals surface area contributed by atoms with Crippen molar-refractivity contribution in [1.29, 1.82) is 0 Å². The second-order valence-electron chi connectivity index (χ2n) is 5.81. The average Bonchev–Trinajstić information content (AvgIpc) is 2.61. The molecule has 0 amide bonds. The van der Waals surface area contributed by atoms with E-state index in [0.29, 0.717) is 10.1 Å². The molecule has 25 heavy (non-hydrogen) atoms. The summed E-state index contributed by atoms with van der Waals surface area (Å²) in [6.07, 6.45) is 0. The van der Waals surface area contributed by atoms with E-state index in [9.17, 15) is 0 Å². The average molecular weight is 367 g/mol. The van der Waals surface area contributed by atoms with Gasteiger partial charge in [0.25, 0.3) is 0 Å². The van der Waals surface area contributed by atoms with Crippen LogP contribution in [0.3, 0.4) is 0 Å². The Morgan fingerprint density at radius 3 is 2.36 bits per heavy atom. The summed E-state index contributed by atoms with van der Waals surface area (Å²) in [4.78, 5) is 0. The standard InChI is InChI=1S/C21H19ClN2S/c1-15-8-5-6-13-19(15)20(16-9-3-2-4-10-16)24-21(25)23-18-12-7-11-17(22)14-18/h2-14,20H,1H3,(H2,23,24,25)/t20-/m0/s1. The predicted octanol–water partition coefficient (Wildman–Crippen LogP) is 5.72. The Kier molecular flexibility index (Phi) is 5.69. The first-order valence-electron chi connectivity index (χ1n) is 8.07. The van der Waals surface area contributed by atoms with Crippen LogP contribution >= 0.6 is 23.8 Å². The van der Waals surface area contributed by atoms with Gasteiger partial charge in [-0.1, -0.05) is 72.3 Å². The maximum atomic E-state index is 6.04. The number of halogens is 1. The second kappa shape index (κ2) is 8.15. The number of anilines is 1. The summed E-state index contributed by atoms with van der Waals surface area (Å²) in [6.45, 7) is 2.11. The topological polar surface area (TPSA) is 24.1 Å². The Bertz CT molecular complexity index is 865. The molecule has 3 aromatic carbocycles. The molecular weight excluding hydrogens is 348 g/mol. The molecule has 0 radical (unpaired) electrons. The van der Waals surface area contributed by atoms with Gasteiger partial charge in [0.2, 0.25) is 0 Å². The van der Waals surface area contributed by atoms with Crippen molar-refractivity contribution in [2.24, 2.45) is 0 Å². The Morgan fingerprint density at radius 2 is 1.64 bits per heavy atom. The van der Waals surface area contributed by atoms with E-state index >= 15 is 0 Å². The number of aryl methyl sites for hydroxylation is 1. The third kappa shape index (κ3) is 4.59. The van der Waals surface area contributed by atoms with Gasteiger partial charge in [0.1, 0.15) is 0 Å². The van der Waals surface area contributed by atoms with E-state index in [1.54, 1.807) is 0 Å². The zero-order chi connectivity index (χ0) is 17.6. The predicted molar refractivity (Wildman–Crippen MR) is 110 cm³/mol. The van der Waals surface area contributed by atoms with Crippen molar-refractivity contribution in [2.45, 2.75) is 13.0 Å². The van der Waals surface area contributed by atoms with Gasteiger partial charge in [-0.2, -0.15) is 0 Å². The highest BCUT2D eigenvalue weighted by atomic mass is 35.5. The third-order valence-corrected chi connectivity index (χ3v) is 4.45. The minimum Gasteiger partial charge on any atom is -0.352 e. The van der Waals surface area contributed by atoms with Crippen LogP contribution < -0.4 is 10.6 Å². The molecule has 0 saturated heterocycles. The van der Waals surface area contributed by atoms with Crippen molar-refractivity contribution in [1.82, 2.24) is 5.32 Å². The Balaban J connectivity index is 1.85. The summed E-state index contributed by atoms with van der Waals surface area (Å²) in [5, 5.41) is 7.87. The number of benzene rings is 3. The Hall–Kier alpha value is -2.36. The number of nitrogens with one attached hydrogen (secondary N) is 2. The Morgan fingerprint density at radius 1 is 0.920 bits per heavy atom. The maximum absolute atomic E-state index is 6.04. The van der Waals surface area contributed by atoms with Crippen LogP contribution in [-0.4, -0.2) is 5.11 Å². The van der Waals surface area contributed by atoms with Gasteiger partial charge in [0.05, 0.1) is 6.04 Å². The summed E-state index contributed by atoms with van der Waals surface area (Å²) in [6, 6.07) is 26.1. The number of rotatable bonds is 4. The molecule has 0 fully saturated rings. The van der Waals surface area contributed by atoms with Gasteiger partial charge < -0.3 is 10.6 Å². The van der Waals surface area contributed by atoms with Crippen LogP contribution in [0.5, 0.6) is 0 Å². The minimum atomic E-state index is -0.0263. The molecule has 0 unspecified atom stereocenters. The van der Waals surface area contributed by atoms with Gasteiger partial charge in [-0.3, -0.25) is 0 Å². The summed E-state index contributed by atoms with van der Waals surface area (Å²) in [5.41, 5.74) is 4.44. The van der Waals surface area contributed by atoms with Crippen molar-refractivity contribution in [3.05, 3.63) is 101 Å². The van der Waals surface area contributed by atoms with Crippen LogP contribution in [-0.2, 0) is 0 Å². The molecule has 0 aliphatic carbocycles. The molecule has 4 heteroatoms.